The van der Waals surface area contributed by atoms with Gasteiger partial charge in [0.15, 0.2) is 0 Å². The topological polar surface area (TPSA) is 51.8 Å². The predicted octanol–water partition coefficient (Wildman–Crippen LogP) is 1.74. The van der Waals surface area contributed by atoms with E-state index in [-0.39, 0.29) is 0 Å². The van der Waals surface area contributed by atoms with E-state index >= 15 is 0 Å². The Kier molecular flexibility index (Phi) is 4.01. The van der Waals surface area contributed by atoms with Gasteiger partial charge in [-0.1, -0.05) is 20.8 Å². The first-order valence-corrected chi connectivity index (χ1v) is 5.15. The van der Waals surface area contributed by atoms with Gasteiger partial charge in [0, 0.05) is 17.8 Å². The third kappa shape index (κ3) is 3.07. The lowest BCUT2D eigenvalue weighted by Crippen LogP contribution is -2.14. The summed E-state index contributed by atoms with van der Waals surface area (Å²) in [6.07, 6.45) is 2.78. The Morgan fingerprint density at radius 1 is 1.36 bits per heavy atom. The van der Waals surface area contributed by atoms with Gasteiger partial charge in [0.25, 0.3) is 0 Å². The summed E-state index contributed by atoms with van der Waals surface area (Å²) in [5.41, 5.74) is 6.67. The molecule has 0 aliphatic rings. The number of hydrogen-bond donors (Lipinski definition) is 1. The van der Waals surface area contributed by atoms with E-state index in [1.165, 1.54) is 0 Å². The lowest BCUT2D eigenvalue weighted by Gasteiger charge is -2.09. The molecule has 1 atom stereocenters. The summed E-state index contributed by atoms with van der Waals surface area (Å²) in [6.45, 7) is 7.05. The van der Waals surface area contributed by atoms with E-state index in [1.54, 1.807) is 0 Å². The molecule has 14 heavy (non-hydrogen) atoms. The van der Waals surface area contributed by atoms with Gasteiger partial charge in [-0.05, 0) is 24.9 Å². The second-order valence-electron chi connectivity index (χ2n) is 4.11. The van der Waals surface area contributed by atoms with Gasteiger partial charge in [-0.3, -0.25) is 0 Å². The van der Waals surface area contributed by atoms with Crippen LogP contribution in [0.25, 0.3) is 0 Å². The maximum Gasteiger partial charge on any atom is 0.131 e. The molecule has 0 saturated carbocycles. The quantitative estimate of drug-likeness (QED) is 0.792. The molecular weight excluding hydrogens is 174 g/mol. The molecule has 0 aromatic carbocycles. The summed E-state index contributed by atoms with van der Waals surface area (Å²) >= 11 is 0. The molecule has 0 aliphatic heterocycles. The zero-order chi connectivity index (χ0) is 10.6. The average Bonchev–Trinajstić information content (AvgIpc) is 2.18. The van der Waals surface area contributed by atoms with Crippen molar-refractivity contribution in [3.05, 3.63) is 23.8 Å². The molecule has 0 aliphatic carbocycles. The van der Waals surface area contributed by atoms with Crippen LogP contribution in [0.2, 0.25) is 0 Å². The Morgan fingerprint density at radius 3 is 2.64 bits per heavy atom. The highest BCUT2D eigenvalue weighted by molar-refractivity contribution is 5.05. The molecule has 0 spiro atoms. The molecule has 1 heterocycles. The zero-order valence-electron chi connectivity index (χ0n) is 9.20. The van der Waals surface area contributed by atoms with Gasteiger partial charge in [0.1, 0.15) is 5.82 Å². The summed E-state index contributed by atoms with van der Waals surface area (Å²) in [6, 6.07) is 1.97. The predicted molar refractivity (Wildman–Crippen MR) is 58.0 cm³/mol. The maximum absolute atomic E-state index is 5.57. The minimum atomic E-state index is 0.392. The molecule has 0 fully saturated rings. The van der Waals surface area contributed by atoms with Crippen molar-refractivity contribution in [3.63, 3.8) is 0 Å². The highest BCUT2D eigenvalue weighted by Crippen LogP contribution is 2.10. The highest BCUT2D eigenvalue weighted by atomic mass is 14.9. The fourth-order valence-electron chi connectivity index (χ4n) is 1.25. The first-order valence-electron chi connectivity index (χ1n) is 5.15. The van der Waals surface area contributed by atoms with Crippen molar-refractivity contribution in [2.75, 3.05) is 6.54 Å². The SMILES string of the molecule is CC(CN)Cc1ccnc(C(C)C)n1. The molecule has 0 saturated heterocycles. The molecule has 0 radical (unpaired) electrons. The van der Waals surface area contributed by atoms with E-state index in [4.69, 9.17) is 5.73 Å². The van der Waals surface area contributed by atoms with Gasteiger partial charge in [-0.25, -0.2) is 9.97 Å². The fourth-order valence-corrected chi connectivity index (χ4v) is 1.25. The van der Waals surface area contributed by atoms with Crippen molar-refractivity contribution in [3.8, 4) is 0 Å². The van der Waals surface area contributed by atoms with Crippen molar-refractivity contribution in [1.29, 1.82) is 0 Å². The summed E-state index contributed by atoms with van der Waals surface area (Å²) < 4.78 is 0. The molecule has 0 bridgehead atoms. The van der Waals surface area contributed by atoms with Crippen LogP contribution in [0.3, 0.4) is 0 Å². The Balaban J connectivity index is 2.73. The lowest BCUT2D eigenvalue weighted by atomic mass is 10.1. The lowest BCUT2D eigenvalue weighted by molar-refractivity contribution is 0.579. The normalized spacial score (nSPS) is 13.2. The molecule has 2 N–H and O–H groups in total. The monoisotopic (exact) mass is 193 g/mol. The summed E-state index contributed by atoms with van der Waals surface area (Å²) in [7, 11) is 0. The maximum atomic E-state index is 5.57. The van der Waals surface area contributed by atoms with E-state index in [2.05, 4.69) is 30.7 Å². The van der Waals surface area contributed by atoms with Gasteiger partial charge in [-0.15, -0.1) is 0 Å². The van der Waals surface area contributed by atoms with Crippen LogP contribution >= 0.6 is 0 Å². The number of rotatable bonds is 4. The number of nitrogens with two attached hydrogens (primary N) is 1. The number of aromatic nitrogens is 2. The van der Waals surface area contributed by atoms with Crippen molar-refractivity contribution in [2.45, 2.75) is 33.1 Å². The van der Waals surface area contributed by atoms with Crippen LogP contribution in [0.1, 0.15) is 38.2 Å². The summed E-state index contributed by atoms with van der Waals surface area (Å²) in [5.74, 6) is 1.81. The van der Waals surface area contributed by atoms with Gasteiger partial charge in [-0.2, -0.15) is 0 Å². The first-order chi connectivity index (χ1) is 6.63. The molecule has 1 rings (SSSR count). The highest BCUT2D eigenvalue weighted by Gasteiger charge is 2.06. The Hall–Kier alpha value is -0.960. The van der Waals surface area contributed by atoms with Gasteiger partial charge >= 0.3 is 0 Å². The van der Waals surface area contributed by atoms with Crippen LogP contribution < -0.4 is 5.73 Å². The summed E-state index contributed by atoms with van der Waals surface area (Å²) in [4.78, 5) is 8.72. The Bertz CT molecular complexity index is 284. The van der Waals surface area contributed by atoms with Crippen LogP contribution in [0.15, 0.2) is 12.3 Å². The second-order valence-corrected chi connectivity index (χ2v) is 4.11. The molecular formula is C11H19N3. The van der Waals surface area contributed by atoms with Crippen molar-refractivity contribution < 1.29 is 0 Å². The van der Waals surface area contributed by atoms with Crippen LogP contribution in [0.5, 0.6) is 0 Å². The van der Waals surface area contributed by atoms with Gasteiger partial charge in [0.2, 0.25) is 0 Å². The van der Waals surface area contributed by atoms with Crippen LogP contribution in [0.4, 0.5) is 0 Å². The average molecular weight is 193 g/mol. The van der Waals surface area contributed by atoms with E-state index < -0.39 is 0 Å². The van der Waals surface area contributed by atoms with E-state index in [0.717, 1.165) is 17.9 Å². The second kappa shape index (κ2) is 5.05. The fraction of sp³-hybridized carbons (Fsp3) is 0.636. The molecule has 3 nitrogen and oxygen atoms in total. The van der Waals surface area contributed by atoms with E-state index in [0.29, 0.717) is 18.4 Å². The van der Waals surface area contributed by atoms with Crippen molar-refractivity contribution in [1.82, 2.24) is 9.97 Å². The standard InChI is InChI=1S/C11H19N3/c1-8(2)11-13-5-4-10(14-11)6-9(3)7-12/h4-5,8-9H,6-7,12H2,1-3H3. The van der Waals surface area contributed by atoms with E-state index in [9.17, 15) is 0 Å². The van der Waals surface area contributed by atoms with Crippen LogP contribution in [-0.2, 0) is 6.42 Å². The molecule has 78 valence electrons. The van der Waals surface area contributed by atoms with Crippen molar-refractivity contribution in [2.24, 2.45) is 11.7 Å². The minimum Gasteiger partial charge on any atom is -0.330 e. The summed E-state index contributed by atoms with van der Waals surface area (Å²) in [5, 5.41) is 0. The van der Waals surface area contributed by atoms with E-state index in [1.807, 2.05) is 12.3 Å². The van der Waals surface area contributed by atoms with Gasteiger partial charge < -0.3 is 5.73 Å². The van der Waals surface area contributed by atoms with Crippen LogP contribution in [-0.4, -0.2) is 16.5 Å². The largest absolute Gasteiger partial charge is 0.330 e. The molecule has 1 aromatic heterocycles. The van der Waals surface area contributed by atoms with Gasteiger partial charge in [0.05, 0.1) is 0 Å². The number of nitrogens with zero attached hydrogens (tertiary/aromatic N) is 2. The molecule has 1 unspecified atom stereocenters. The molecule has 1 aromatic rings. The third-order valence-electron chi connectivity index (χ3n) is 2.21. The smallest absolute Gasteiger partial charge is 0.131 e. The number of hydrogen-bond acceptors (Lipinski definition) is 3. The first kappa shape index (κ1) is 11.1. The van der Waals surface area contributed by atoms with Crippen LogP contribution in [0, 0.1) is 5.92 Å². The molecule has 3 heteroatoms. The van der Waals surface area contributed by atoms with Crippen molar-refractivity contribution >= 4 is 0 Å². The molecule has 0 amide bonds. The third-order valence-corrected chi connectivity index (χ3v) is 2.21. The minimum absolute atomic E-state index is 0.392. The Morgan fingerprint density at radius 2 is 2.07 bits per heavy atom. The zero-order valence-corrected chi connectivity index (χ0v) is 9.20. The Labute approximate surface area is 85.8 Å².